The molecule has 1 aromatic carbocycles. The predicted octanol–water partition coefficient (Wildman–Crippen LogP) is 5.27. The highest BCUT2D eigenvalue weighted by Crippen LogP contribution is 2.33. The predicted molar refractivity (Wildman–Crippen MR) is 108 cm³/mol. The molecule has 0 atom stereocenters. The fraction of sp³-hybridized carbons (Fsp3) is 0.250. The third kappa shape index (κ3) is 3.82. The molecule has 0 saturated heterocycles. The van der Waals surface area contributed by atoms with E-state index in [0.29, 0.717) is 10.8 Å². The number of halogens is 1. The standard InChI is InChI=1S/C20H18ClN3O2S/c1-26-18-6-5-13(7-15(18)21)16-9-22-10-17(24-16)19-8-14(11-27-19)23-20(25)12-3-2-4-12/h5-12H,2-4H2,1H3,(H,23,25). The molecule has 0 unspecified atom stereocenters. The van der Waals surface area contributed by atoms with E-state index in [9.17, 15) is 4.79 Å². The number of anilines is 1. The molecule has 138 valence electrons. The van der Waals surface area contributed by atoms with E-state index >= 15 is 0 Å². The molecule has 0 bridgehead atoms. The van der Waals surface area contributed by atoms with Crippen molar-refractivity contribution in [2.24, 2.45) is 5.92 Å². The summed E-state index contributed by atoms with van der Waals surface area (Å²) in [7, 11) is 1.58. The summed E-state index contributed by atoms with van der Waals surface area (Å²) in [4.78, 5) is 22.1. The van der Waals surface area contributed by atoms with Gasteiger partial charge < -0.3 is 10.1 Å². The summed E-state index contributed by atoms with van der Waals surface area (Å²) in [5.74, 6) is 0.893. The number of nitrogens with zero attached hydrogens (tertiary/aromatic N) is 2. The highest BCUT2D eigenvalue weighted by molar-refractivity contribution is 7.14. The number of nitrogens with one attached hydrogen (secondary N) is 1. The van der Waals surface area contributed by atoms with Gasteiger partial charge in [-0.25, -0.2) is 4.98 Å². The number of aromatic nitrogens is 2. The number of benzene rings is 1. The molecule has 1 aliphatic rings. The van der Waals surface area contributed by atoms with E-state index in [4.69, 9.17) is 21.3 Å². The second-order valence-electron chi connectivity index (χ2n) is 6.46. The van der Waals surface area contributed by atoms with E-state index in [1.807, 2.05) is 29.6 Å². The van der Waals surface area contributed by atoms with Crippen LogP contribution in [0.4, 0.5) is 5.69 Å². The number of amides is 1. The first-order valence-electron chi connectivity index (χ1n) is 8.70. The lowest BCUT2D eigenvalue weighted by molar-refractivity contribution is -0.122. The van der Waals surface area contributed by atoms with Gasteiger partial charge in [0.25, 0.3) is 0 Å². The first-order valence-corrected chi connectivity index (χ1v) is 9.95. The Hall–Kier alpha value is -2.44. The van der Waals surface area contributed by atoms with Gasteiger partial charge >= 0.3 is 0 Å². The van der Waals surface area contributed by atoms with Gasteiger partial charge in [0.15, 0.2) is 0 Å². The van der Waals surface area contributed by atoms with Crippen LogP contribution in [0.1, 0.15) is 19.3 Å². The molecular weight excluding hydrogens is 382 g/mol. The Morgan fingerprint density at radius 3 is 2.78 bits per heavy atom. The van der Waals surface area contributed by atoms with Crippen LogP contribution in [0.3, 0.4) is 0 Å². The number of carbonyl (C=O) groups is 1. The molecule has 2 heterocycles. The van der Waals surface area contributed by atoms with Crippen LogP contribution in [0.5, 0.6) is 5.75 Å². The van der Waals surface area contributed by atoms with E-state index in [-0.39, 0.29) is 11.8 Å². The van der Waals surface area contributed by atoms with Crippen LogP contribution in [-0.4, -0.2) is 23.0 Å². The van der Waals surface area contributed by atoms with Gasteiger partial charge in [0, 0.05) is 16.9 Å². The van der Waals surface area contributed by atoms with Gasteiger partial charge in [-0.1, -0.05) is 18.0 Å². The zero-order valence-electron chi connectivity index (χ0n) is 14.7. The maximum absolute atomic E-state index is 12.1. The number of rotatable bonds is 5. The SMILES string of the molecule is COc1ccc(-c2cncc(-c3cc(NC(=O)C4CCC4)cs3)n2)cc1Cl. The first kappa shape index (κ1) is 17.9. The van der Waals surface area contributed by atoms with Crippen molar-refractivity contribution in [1.82, 2.24) is 9.97 Å². The number of ether oxygens (including phenoxy) is 1. The minimum Gasteiger partial charge on any atom is -0.495 e. The van der Waals surface area contributed by atoms with Gasteiger partial charge in [-0.2, -0.15) is 0 Å². The van der Waals surface area contributed by atoms with Crippen molar-refractivity contribution in [2.75, 3.05) is 12.4 Å². The van der Waals surface area contributed by atoms with Crippen LogP contribution in [0.2, 0.25) is 5.02 Å². The number of hydrogen-bond donors (Lipinski definition) is 1. The van der Waals surface area contributed by atoms with Crippen molar-refractivity contribution < 1.29 is 9.53 Å². The molecule has 1 amide bonds. The molecule has 1 N–H and O–H groups in total. The summed E-state index contributed by atoms with van der Waals surface area (Å²) >= 11 is 7.75. The highest BCUT2D eigenvalue weighted by atomic mass is 35.5. The fourth-order valence-corrected chi connectivity index (χ4v) is 3.95. The summed E-state index contributed by atoms with van der Waals surface area (Å²) in [5, 5.41) is 5.45. The normalized spacial score (nSPS) is 13.9. The van der Waals surface area contributed by atoms with E-state index < -0.39 is 0 Å². The number of carbonyl (C=O) groups excluding carboxylic acids is 1. The van der Waals surface area contributed by atoms with E-state index in [1.165, 1.54) is 11.3 Å². The molecule has 27 heavy (non-hydrogen) atoms. The van der Waals surface area contributed by atoms with Gasteiger partial charge in [-0.05, 0) is 37.1 Å². The van der Waals surface area contributed by atoms with Gasteiger partial charge in [0.1, 0.15) is 5.75 Å². The number of hydrogen-bond acceptors (Lipinski definition) is 5. The van der Waals surface area contributed by atoms with Crippen molar-refractivity contribution in [3.63, 3.8) is 0 Å². The summed E-state index contributed by atoms with van der Waals surface area (Å²) in [6.45, 7) is 0. The van der Waals surface area contributed by atoms with Crippen LogP contribution in [0.15, 0.2) is 42.0 Å². The highest BCUT2D eigenvalue weighted by Gasteiger charge is 2.25. The van der Waals surface area contributed by atoms with E-state index in [1.54, 1.807) is 19.5 Å². The fourth-order valence-electron chi connectivity index (χ4n) is 2.90. The average molecular weight is 400 g/mol. The summed E-state index contributed by atoms with van der Waals surface area (Å²) in [6.07, 6.45) is 6.54. The largest absolute Gasteiger partial charge is 0.495 e. The number of methoxy groups -OCH3 is 1. The van der Waals surface area contributed by atoms with Crippen LogP contribution < -0.4 is 10.1 Å². The van der Waals surface area contributed by atoms with E-state index in [0.717, 1.165) is 46.8 Å². The Bertz CT molecular complexity index is 985. The zero-order valence-corrected chi connectivity index (χ0v) is 16.3. The van der Waals surface area contributed by atoms with Gasteiger partial charge in [0.2, 0.25) is 5.91 Å². The smallest absolute Gasteiger partial charge is 0.227 e. The maximum atomic E-state index is 12.1. The molecule has 5 nitrogen and oxygen atoms in total. The van der Waals surface area contributed by atoms with Crippen LogP contribution in [0, 0.1) is 5.92 Å². The lowest BCUT2D eigenvalue weighted by Crippen LogP contribution is -2.27. The minimum absolute atomic E-state index is 0.110. The molecule has 1 aliphatic carbocycles. The Balaban J connectivity index is 1.55. The van der Waals surface area contributed by atoms with Gasteiger partial charge in [-0.15, -0.1) is 11.3 Å². The molecule has 0 aliphatic heterocycles. The van der Waals surface area contributed by atoms with Gasteiger partial charge in [0.05, 0.1) is 46.5 Å². The lowest BCUT2D eigenvalue weighted by Gasteiger charge is -2.23. The monoisotopic (exact) mass is 399 g/mol. The summed E-state index contributed by atoms with van der Waals surface area (Å²) in [6, 6.07) is 7.46. The summed E-state index contributed by atoms with van der Waals surface area (Å²) in [5.41, 5.74) is 3.16. The topological polar surface area (TPSA) is 64.1 Å². The molecule has 1 saturated carbocycles. The Morgan fingerprint density at radius 2 is 2.07 bits per heavy atom. The van der Waals surface area contributed by atoms with Crippen molar-refractivity contribution >= 4 is 34.5 Å². The molecule has 0 radical (unpaired) electrons. The quantitative estimate of drug-likeness (QED) is 0.634. The van der Waals surface area contributed by atoms with Crippen molar-refractivity contribution in [3.05, 3.63) is 47.1 Å². The van der Waals surface area contributed by atoms with Gasteiger partial charge in [-0.3, -0.25) is 9.78 Å². The molecule has 4 rings (SSSR count). The van der Waals surface area contributed by atoms with Crippen LogP contribution in [0.25, 0.3) is 21.8 Å². The molecule has 7 heteroatoms. The van der Waals surface area contributed by atoms with Crippen LogP contribution in [-0.2, 0) is 4.79 Å². The zero-order chi connectivity index (χ0) is 18.8. The Labute approximate surface area is 166 Å². The average Bonchev–Trinajstić information content (AvgIpc) is 3.08. The third-order valence-electron chi connectivity index (χ3n) is 4.68. The van der Waals surface area contributed by atoms with Crippen LogP contribution >= 0.6 is 22.9 Å². The second kappa shape index (κ2) is 7.66. The minimum atomic E-state index is 0.110. The Morgan fingerprint density at radius 1 is 1.26 bits per heavy atom. The molecule has 3 aromatic rings. The molecular formula is C20H18ClN3O2S. The third-order valence-corrected chi connectivity index (χ3v) is 5.93. The molecule has 0 spiro atoms. The second-order valence-corrected chi connectivity index (χ2v) is 7.77. The first-order chi connectivity index (χ1) is 13.1. The van der Waals surface area contributed by atoms with E-state index in [2.05, 4.69) is 10.3 Å². The van der Waals surface area contributed by atoms with Crippen molar-refractivity contribution in [3.8, 4) is 27.6 Å². The molecule has 1 fully saturated rings. The Kier molecular flexibility index (Phi) is 5.09. The maximum Gasteiger partial charge on any atom is 0.227 e. The summed E-state index contributed by atoms with van der Waals surface area (Å²) < 4.78 is 5.19. The van der Waals surface area contributed by atoms with Crippen molar-refractivity contribution in [1.29, 1.82) is 0 Å². The van der Waals surface area contributed by atoms with Crippen molar-refractivity contribution in [2.45, 2.75) is 19.3 Å². The lowest BCUT2D eigenvalue weighted by atomic mass is 9.85. The molecule has 2 aromatic heterocycles. The number of thiophene rings is 1.